The standard InChI is InChI=1S/C12H15NO2S2/c1-7-3-5-8(6-4-7)9-10(12(13)16)11(9)17(2,14)15/h3-6,9-11H,1-2H3,(H2,13,16)/t9-,10-,11+/m0/s1. The summed E-state index contributed by atoms with van der Waals surface area (Å²) in [6.45, 7) is 2.00. The highest BCUT2D eigenvalue weighted by Crippen LogP contribution is 2.52. The predicted molar refractivity (Wildman–Crippen MR) is 72.8 cm³/mol. The summed E-state index contributed by atoms with van der Waals surface area (Å²) in [5.74, 6) is -0.272. The maximum atomic E-state index is 11.6. The van der Waals surface area contributed by atoms with E-state index in [1.54, 1.807) is 0 Å². The van der Waals surface area contributed by atoms with Crippen molar-refractivity contribution in [3.05, 3.63) is 35.4 Å². The summed E-state index contributed by atoms with van der Waals surface area (Å²) in [4.78, 5) is 0.297. The van der Waals surface area contributed by atoms with E-state index < -0.39 is 15.1 Å². The van der Waals surface area contributed by atoms with Gasteiger partial charge in [0.25, 0.3) is 0 Å². The molecule has 3 atom stereocenters. The van der Waals surface area contributed by atoms with Gasteiger partial charge in [0, 0.05) is 18.1 Å². The van der Waals surface area contributed by atoms with Crippen molar-refractivity contribution in [2.75, 3.05) is 6.26 Å². The largest absolute Gasteiger partial charge is 0.393 e. The molecule has 0 radical (unpaired) electrons. The number of rotatable bonds is 3. The molecule has 0 saturated heterocycles. The Labute approximate surface area is 107 Å². The molecule has 1 saturated carbocycles. The highest BCUT2D eigenvalue weighted by Gasteiger charge is 2.58. The van der Waals surface area contributed by atoms with Gasteiger partial charge in [-0.25, -0.2) is 8.42 Å². The first-order chi connectivity index (χ1) is 7.82. The number of sulfone groups is 1. The fourth-order valence-electron chi connectivity index (χ4n) is 2.34. The number of aryl methyl sites for hydroxylation is 1. The van der Waals surface area contributed by atoms with Gasteiger partial charge >= 0.3 is 0 Å². The fourth-order valence-corrected chi connectivity index (χ4v) is 4.34. The topological polar surface area (TPSA) is 60.2 Å². The van der Waals surface area contributed by atoms with Crippen molar-refractivity contribution in [2.24, 2.45) is 11.7 Å². The van der Waals surface area contributed by atoms with Gasteiger partial charge in [-0.1, -0.05) is 42.0 Å². The average molecular weight is 269 g/mol. The molecule has 0 spiro atoms. The Bertz CT molecular complexity index is 548. The molecule has 0 aromatic heterocycles. The van der Waals surface area contributed by atoms with Crippen LogP contribution in [-0.4, -0.2) is 24.9 Å². The number of hydrogen-bond acceptors (Lipinski definition) is 3. The van der Waals surface area contributed by atoms with E-state index in [0.717, 1.165) is 11.1 Å². The first-order valence-corrected chi connectivity index (χ1v) is 7.73. The van der Waals surface area contributed by atoms with E-state index in [2.05, 4.69) is 0 Å². The van der Waals surface area contributed by atoms with Crippen LogP contribution in [-0.2, 0) is 9.84 Å². The Morgan fingerprint density at radius 1 is 1.29 bits per heavy atom. The van der Waals surface area contributed by atoms with Crippen molar-refractivity contribution < 1.29 is 8.42 Å². The van der Waals surface area contributed by atoms with Crippen LogP contribution in [0.4, 0.5) is 0 Å². The van der Waals surface area contributed by atoms with Crippen LogP contribution in [0.5, 0.6) is 0 Å². The molecular formula is C12H15NO2S2. The maximum absolute atomic E-state index is 11.6. The highest BCUT2D eigenvalue weighted by molar-refractivity contribution is 7.91. The summed E-state index contributed by atoms with van der Waals surface area (Å²) in [6.07, 6.45) is 1.25. The molecule has 1 aromatic rings. The van der Waals surface area contributed by atoms with E-state index in [1.807, 2.05) is 31.2 Å². The van der Waals surface area contributed by atoms with E-state index in [1.165, 1.54) is 6.26 Å². The van der Waals surface area contributed by atoms with Crippen LogP contribution >= 0.6 is 12.2 Å². The van der Waals surface area contributed by atoms with Crippen LogP contribution in [0.2, 0.25) is 0 Å². The van der Waals surface area contributed by atoms with Crippen molar-refractivity contribution in [1.29, 1.82) is 0 Å². The van der Waals surface area contributed by atoms with Crippen molar-refractivity contribution in [3.63, 3.8) is 0 Å². The molecule has 17 heavy (non-hydrogen) atoms. The zero-order valence-corrected chi connectivity index (χ0v) is 11.4. The second-order valence-corrected chi connectivity index (χ2v) is 7.33. The lowest BCUT2D eigenvalue weighted by molar-refractivity contribution is 0.599. The minimum atomic E-state index is -3.10. The van der Waals surface area contributed by atoms with Crippen molar-refractivity contribution in [2.45, 2.75) is 18.1 Å². The lowest BCUT2D eigenvalue weighted by atomic mass is 10.1. The molecule has 0 heterocycles. The molecule has 92 valence electrons. The second kappa shape index (κ2) is 4.07. The van der Waals surface area contributed by atoms with E-state index in [0.29, 0.717) is 4.99 Å². The van der Waals surface area contributed by atoms with Gasteiger partial charge in [-0.15, -0.1) is 0 Å². The molecule has 3 nitrogen and oxygen atoms in total. The summed E-state index contributed by atoms with van der Waals surface area (Å²) in [6, 6.07) is 7.86. The summed E-state index contributed by atoms with van der Waals surface area (Å²) < 4.78 is 23.3. The SMILES string of the molecule is Cc1ccc([C@H]2[C@H](C(N)=S)[C@@H]2S(C)(=O)=O)cc1. The normalized spacial score (nSPS) is 27.8. The van der Waals surface area contributed by atoms with Crippen LogP contribution in [0.15, 0.2) is 24.3 Å². The maximum Gasteiger partial charge on any atom is 0.151 e. The van der Waals surface area contributed by atoms with Gasteiger partial charge in [0.2, 0.25) is 0 Å². The molecule has 1 aromatic carbocycles. The lowest BCUT2D eigenvalue weighted by Gasteiger charge is -2.00. The Morgan fingerprint density at radius 3 is 2.18 bits per heavy atom. The average Bonchev–Trinajstić information content (AvgIpc) is 2.93. The Kier molecular flexibility index (Phi) is 2.99. The number of nitrogens with two attached hydrogens (primary N) is 1. The van der Waals surface area contributed by atoms with E-state index in [-0.39, 0.29) is 11.8 Å². The molecule has 2 rings (SSSR count). The molecule has 5 heteroatoms. The minimum Gasteiger partial charge on any atom is -0.393 e. The monoisotopic (exact) mass is 269 g/mol. The quantitative estimate of drug-likeness (QED) is 0.843. The molecule has 0 bridgehead atoms. The molecule has 1 aliphatic carbocycles. The van der Waals surface area contributed by atoms with Crippen LogP contribution in [0.1, 0.15) is 17.0 Å². The summed E-state index contributed by atoms with van der Waals surface area (Å²) in [7, 11) is -3.10. The molecule has 0 unspecified atom stereocenters. The third-order valence-corrected chi connectivity index (χ3v) is 5.09. The van der Waals surface area contributed by atoms with Crippen LogP contribution in [0, 0.1) is 12.8 Å². The summed E-state index contributed by atoms with van der Waals surface area (Å²) in [5.41, 5.74) is 7.76. The van der Waals surface area contributed by atoms with Crippen LogP contribution in [0.3, 0.4) is 0 Å². The fraction of sp³-hybridized carbons (Fsp3) is 0.417. The number of hydrogen-bond donors (Lipinski definition) is 1. The zero-order chi connectivity index (χ0) is 12.8. The van der Waals surface area contributed by atoms with Gasteiger partial charge in [-0.3, -0.25) is 0 Å². The second-order valence-electron chi connectivity index (χ2n) is 4.66. The van der Waals surface area contributed by atoms with Gasteiger partial charge in [0.05, 0.1) is 10.2 Å². The third kappa shape index (κ3) is 2.35. The smallest absolute Gasteiger partial charge is 0.151 e. The van der Waals surface area contributed by atoms with E-state index >= 15 is 0 Å². The number of thiocarbonyl (C=S) groups is 1. The third-order valence-electron chi connectivity index (χ3n) is 3.24. The van der Waals surface area contributed by atoms with Crippen molar-refractivity contribution in [1.82, 2.24) is 0 Å². The summed E-state index contributed by atoms with van der Waals surface area (Å²) in [5, 5.41) is -0.442. The highest BCUT2D eigenvalue weighted by atomic mass is 32.2. The van der Waals surface area contributed by atoms with E-state index in [4.69, 9.17) is 18.0 Å². The van der Waals surface area contributed by atoms with Crippen LogP contribution in [0.25, 0.3) is 0 Å². The molecule has 2 N–H and O–H groups in total. The zero-order valence-electron chi connectivity index (χ0n) is 9.75. The number of benzene rings is 1. The van der Waals surface area contributed by atoms with E-state index in [9.17, 15) is 8.42 Å². The van der Waals surface area contributed by atoms with Crippen molar-refractivity contribution in [3.8, 4) is 0 Å². The Balaban J connectivity index is 2.34. The van der Waals surface area contributed by atoms with Gasteiger partial charge in [-0.2, -0.15) is 0 Å². The molecule has 1 aliphatic rings. The van der Waals surface area contributed by atoms with Gasteiger partial charge < -0.3 is 5.73 Å². The Morgan fingerprint density at radius 2 is 1.82 bits per heavy atom. The predicted octanol–water partition coefficient (Wildman–Crippen LogP) is 1.41. The first-order valence-electron chi connectivity index (χ1n) is 5.37. The first kappa shape index (κ1) is 12.5. The lowest BCUT2D eigenvalue weighted by Crippen LogP contribution is -2.16. The molecule has 0 amide bonds. The van der Waals surface area contributed by atoms with Crippen molar-refractivity contribution >= 4 is 27.0 Å². The van der Waals surface area contributed by atoms with Gasteiger partial charge in [0.1, 0.15) is 0 Å². The van der Waals surface area contributed by atoms with Gasteiger partial charge in [-0.05, 0) is 12.5 Å². The Hall–Kier alpha value is -0.940. The van der Waals surface area contributed by atoms with Crippen LogP contribution < -0.4 is 5.73 Å². The molecular weight excluding hydrogens is 254 g/mol. The van der Waals surface area contributed by atoms with Gasteiger partial charge in [0.15, 0.2) is 9.84 Å². The summed E-state index contributed by atoms with van der Waals surface area (Å²) >= 11 is 4.94. The molecule has 1 fully saturated rings. The molecule has 0 aliphatic heterocycles. The minimum absolute atomic E-state index is 0.0666.